The highest BCUT2D eigenvalue weighted by atomic mass is 127. The lowest BCUT2D eigenvalue weighted by molar-refractivity contribution is 0.815. The molecule has 1 aromatic carbocycles. The molecule has 0 aliphatic rings. The Hall–Kier alpha value is -1.28. The molecular weight excluding hydrogens is 431 g/mol. The number of aliphatic imine (C=N–C) groups is 1. The Kier molecular flexibility index (Phi) is 9.13. The molecule has 0 aliphatic heterocycles. The number of halogens is 1. The molecule has 24 heavy (non-hydrogen) atoms. The summed E-state index contributed by atoms with van der Waals surface area (Å²) in [5.41, 5.74) is 2.45. The molecule has 132 valence electrons. The van der Waals surface area contributed by atoms with Crippen molar-refractivity contribution >= 4 is 47.0 Å². The van der Waals surface area contributed by atoms with Gasteiger partial charge in [-0.15, -0.1) is 35.3 Å². The molecule has 2 N–H and O–H groups in total. The molecule has 0 radical (unpaired) electrons. The molecule has 4 nitrogen and oxygen atoms in total. The van der Waals surface area contributed by atoms with Crippen LogP contribution in [0, 0.1) is 0 Å². The zero-order valence-electron chi connectivity index (χ0n) is 14.8. The van der Waals surface area contributed by atoms with Crippen molar-refractivity contribution in [2.75, 3.05) is 26.0 Å². The van der Waals surface area contributed by atoms with Crippen molar-refractivity contribution in [3.05, 3.63) is 51.7 Å². The van der Waals surface area contributed by atoms with E-state index in [9.17, 15) is 0 Å². The van der Waals surface area contributed by atoms with E-state index in [-0.39, 0.29) is 24.0 Å². The number of guanidine groups is 1. The van der Waals surface area contributed by atoms with E-state index >= 15 is 0 Å². The van der Waals surface area contributed by atoms with Crippen LogP contribution in [-0.2, 0) is 19.5 Å². The molecular formula is C18H27IN4S. The van der Waals surface area contributed by atoms with Crippen LogP contribution in [0.2, 0.25) is 0 Å². The van der Waals surface area contributed by atoms with Crippen LogP contribution in [0.15, 0.2) is 41.4 Å². The van der Waals surface area contributed by atoms with E-state index in [1.165, 1.54) is 21.0 Å². The van der Waals surface area contributed by atoms with Gasteiger partial charge in [0.25, 0.3) is 0 Å². The largest absolute Gasteiger partial charge is 0.378 e. The Labute approximate surface area is 166 Å². The monoisotopic (exact) mass is 458 g/mol. The van der Waals surface area contributed by atoms with Crippen LogP contribution in [0.3, 0.4) is 0 Å². The topological polar surface area (TPSA) is 39.7 Å². The van der Waals surface area contributed by atoms with Crippen molar-refractivity contribution in [2.45, 2.75) is 26.4 Å². The van der Waals surface area contributed by atoms with Crippen LogP contribution in [0.4, 0.5) is 5.69 Å². The number of rotatable bonds is 6. The molecule has 0 aliphatic carbocycles. The SMILES string of the molecule is CCc1ccc(CNC(=NC)NCc2ccc(N(C)C)cc2)s1.I. The van der Waals surface area contributed by atoms with Gasteiger partial charge in [0.15, 0.2) is 5.96 Å². The van der Waals surface area contributed by atoms with E-state index in [2.05, 4.69) is 63.8 Å². The van der Waals surface area contributed by atoms with Gasteiger partial charge >= 0.3 is 0 Å². The highest BCUT2D eigenvalue weighted by Crippen LogP contribution is 2.16. The van der Waals surface area contributed by atoms with E-state index in [1.54, 1.807) is 7.05 Å². The molecule has 0 saturated carbocycles. The maximum absolute atomic E-state index is 4.28. The van der Waals surface area contributed by atoms with Gasteiger partial charge in [0.1, 0.15) is 0 Å². The molecule has 0 unspecified atom stereocenters. The van der Waals surface area contributed by atoms with Gasteiger partial charge in [-0.05, 0) is 36.2 Å². The maximum Gasteiger partial charge on any atom is 0.191 e. The lowest BCUT2D eigenvalue weighted by Gasteiger charge is -2.14. The molecule has 0 saturated heterocycles. The van der Waals surface area contributed by atoms with E-state index < -0.39 is 0 Å². The van der Waals surface area contributed by atoms with E-state index in [0.717, 1.165) is 25.5 Å². The molecule has 2 aromatic rings. The maximum atomic E-state index is 4.28. The summed E-state index contributed by atoms with van der Waals surface area (Å²) in [5, 5.41) is 6.72. The zero-order chi connectivity index (χ0) is 16.7. The van der Waals surface area contributed by atoms with Crippen LogP contribution < -0.4 is 15.5 Å². The van der Waals surface area contributed by atoms with E-state index in [4.69, 9.17) is 0 Å². The Bertz CT molecular complexity index is 635. The number of thiophene rings is 1. The first-order chi connectivity index (χ1) is 11.1. The second-order valence-corrected chi connectivity index (χ2v) is 6.81. The molecule has 2 rings (SSSR count). The Morgan fingerprint density at radius 1 is 1.00 bits per heavy atom. The molecule has 0 bridgehead atoms. The second-order valence-electron chi connectivity index (χ2n) is 5.56. The molecule has 0 fully saturated rings. The Balaban J connectivity index is 0.00000288. The summed E-state index contributed by atoms with van der Waals surface area (Å²) in [6.07, 6.45) is 1.10. The van der Waals surface area contributed by atoms with Crippen molar-refractivity contribution in [3.63, 3.8) is 0 Å². The highest BCUT2D eigenvalue weighted by molar-refractivity contribution is 14.0. The van der Waals surface area contributed by atoms with Crippen LogP contribution in [0.1, 0.15) is 22.2 Å². The normalized spacial score (nSPS) is 10.9. The number of nitrogens with one attached hydrogen (secondary N) is 2. The zero-order valence-corrected chi connectivity index (χ0v) is 17.9. The fourth-order valence-corrected chi connectivity index (χ4v) is 3.09. The lowest BCUT2D eigenvalue weighted by Crippen LogP contribution is -2.36. The third-order valence-electron chi connectivity index (χ3n) is 3.63. The number of aryl methyl sites for hydroxylation is 1. The van der Waals surface area contributed by atoms with Crippen molar-refractivity contribution in [3.8, 4) is 0 Å². The van der Waals surface area contributed by atoms with Gasteiger partial charge in [0.05, 0.1) is 6.54 Å². The fraction of sp³-hybridized carbons (Fsp3) is 0.389. The molecule has 1 aromatic heterocycles. The average Bonchev–Trinajstić information content (AvgIpc) is 3.03. The Morgan fingerprint density at radius 3 is 2.17 bits per heavy atom. The number of nitrogens with zero attached hydrogens (tertiary/aromatic N) is 2. The van der Waals surface area contributed by atoms with E-state index in [1.807, 2.05) is 25.4 Å². The lowest BCUT2D eigenvalue weighted by atomic mass is 10.2. The Morgan fingerprint density at radius 2 is 1.62 bits per heavy atom. The molecule has 6 heteroatoms. The number of benzene rings is 1. The van der Waals surface area contributed by atoms with Crippen molar-refractivity contribution in [1.82, 2.24) is 10.6 Å². The number of anilines is 1. The van der Waals surface area contributed by atoms with Crippen molar-refractivity contribution < 1.29 is 0 Å². The summed E-state index contributed by atoms with van der Waals surface area (Å²) < 4.78 is 0. The predicted molar refractivity (Wildman–Crippen MR) is 117 cm³/mol. The first-order valence-electron chi connectivity index (χ1n) is 7.90. The van der Waals surface area contributed by atoms with Gasteiger partial charge in [-0.1, -0.05) is 19.1 Å². The third kappa shape index (κ3) is 6.32. The molecule has 0 atom stereocenters. The summed E-state index contributed by atoms with van der Waals surface area (Å²) >= 11 is 1.85. The first kappa shape index (κ1) is 20.8. The minimum absolute atomic E-state index is 0. The van der Waals surface area contributed by atoms with Crippen LogP contribution in [-0.4, -0.2) is 27.1 Å². The molecule has 0 spiro atoms. The van der Waals surface area contributed by atoms with Crippen LogP contribution in [0.5, 0.6) is 0 Å². The fourth-order valence-electron chi connectivity index (χ4n) is 2.20. The minimum atomic E-state index is 0. The quantitative estimate of drug-likeness (QED) is 0.393. The molecule has 0 amide bonds. The van der Waals surface area contributed by atoms with Gasteiger partial charge in [-0.2, -0.15) is 0 Å². The van der Waals surface area contributed by atoms with Gasteiger partial charge < -0.3 is 15.5 Å². The third-order valence-corrected chi connectivity index (χ3v) is 4.86. The average molecular weight is 458 g/mol. The molecule has 1 heterocycles. The van der Waals surface area contributed by atoms with Gasteiger partial charge in [0.2, 0.25) is 0 Å². The van der Waals surface area contributed by atoms with Crippen LogP contribution >= 0.6 is 35.3 Å². The predicted octanol–water partition coefficient (Wildman–Crippen LogP) is 3.86. The van der Waals surface area contributed by atoms with Gasteiger partial charge in [0, 0.05) is 43.1 Å². The number of hydrogen-bond donors (Lipinski definition) is 2. The minimum Gasteiger partial charge on any atom is -0.378 e. The number of hydrogen-bond acceptors (Lipinski definition) is 3. The van der Waals surface area contributed by atoms with Crippen molar-refractivity contribution in [1.29, 1.82) is 0 Å². The first-order valence-corrected chi connectivity index (χ1v) is 8.72. The van der Waals surface area contributed by atoms with Gasteiger partial charge in [-0.3, -0.25) is 4.99 Å². The summed E-state index contributed by atoms with van der Waals surface area (Å²) in [6, 6.07) is 12.9. The van der Waals surface area contributed by atoms with Crippen LogP contribution in [0.25, 0.3) is 0 Å². The standard InChI is InChI=1S/C18H26N4S.HI/c1-5-16-10-11-17(23-16)13-21-18(19-2)20-12-14-6-8-15(9-7-14)22(3)4;/h6-11H,5,12-13H2,1-4H3,(H2,19,20,21);1H. The second kappa shape index (κ2) is 10.6. The van der Waals surface area contributed by atoms with Gasteiger partial charge in [-0.25, -0.2) is 0 Å². The summed E-state index contributed by atoms with van der Waals surface area (Å²) in [4.78, 5) is 9.14. The smallest absolute Gasteiger partial charge is 0.191 e. The summed E-state index contributed by atoms with van der Waals surface area (Å²) in [7, 11) is 5.90. The van der Waals surface area contributed by atoms with Crippen molar-refractivity contribution in [2.24, 2.45) is 4.99 Å². The summed E-state index contributed by atoms with van der Waals surface area (Å²) in [6.45, 7) is 3.76. The van der Waals surface area contributed by atoms with E-state index in [0.29, 0.717) is 0 Å². The summed E-state index contributed by atoms with van der Waals surface area (Å²) in [5.74, 6) is 0.827. The highest BCUT2D eigenvalue weighted by Gasteiger charge is 2.02.